The number of rotatable bonds is 7. The van der Waals surface area contributed by atoms with E-state index in [0.717, 1.165) is 6.07 Å². The number of halogens is 3. The van der Waals surface area contributed by atoms with Crippen LogP contribution in [0.3, 0.4) is 0 Å². The zero-order chi connectivity index (χ0) is 21.0. The molecule has 1 amide bonds. The molecule has 3 aromatic rings. The molecule has 0 bridgehead atoms. The lowest BCUT2D eigenvalue weighted by Gasteiger charge is -2.20. The van der Waals surface area contributed by atoms with E-state index >= 15 is 0 Å². The largest absolute Gasteiger partial charge is 0.461 e. The molecule has 0 N–H and O–H groups in total. The molecule has 3 rings (SSSR count). The Morgan fingerprint density at radius 2 is 1.97 bits per heavy atom. The van der Waals surface area contributed by atoms with Crippen LogP contribution in [0.25, 0.3) is 11.6 Å². The molecule has 0 spiro atoms. The molecule has 2 aromatic heterocycles. The summed E-state index contributed by atoms with van der Waals surface area (Å²) in [6, 6.07) is 8.76. The molecule has 0 aliphatic heterocycles. The molecule has 1 aromatic carbocycles. The second-order valence-electron chi connectivity index (χ2n) is 6.22. The van der Waals surface area contributed by atoms with Crippen molar-refractivity contribution in [3.63, 3.8) is 0 Å². The van der Waals surface area contributed by atoms with E-state index in [1.54, 1.807) is 12.1 Å². The summed E-state index contributed by atoms with van der Waals surface area (Å²) in [5, 5.41) is 8.75. The highest BCUT2D eigenvalue weighted by Crippen LogP contribution is 2.32. The molecule has 10 heteroatoms. The molecule has 0 aliphatic carbocycles. The molecule has 0 unspecified atom stereocenters. The molecule has 2 heterocycles. The van der Waals surface area contributed by atoms with Gasteiger partial charge in [-0.25, -0.2) is 0 Å². The summed E-state index contributed by atoms with van der Waals surface area (Å²) < 4.78 is 46.6. The molecule has 0 fully saturated rings. The van der Waals surface area contributed by atoms with Crippen molar-refractivity contribution in [2.75, 3.05) is 12.8 Å². The number of thioether (sulfide) groups is 1. The number of nitrogens with zero attached hydrogens (tertiary/aromatic N) is 4. The maximum Gasteiger partial charge on any atom is 0.416 e. The Bertz CT molecular complexity index is 970. The van der Waals surface area contributed by atoms with Gasteiger partial charge >= 0.3 is 6.18 Å². The SMILES string of the molecule is CCn1c(SCC(=O)N(C)Cc2ccccc2C(F)(F)F)nnc1-c1ccco1. The molecule has 0 saturated heterocycles. The van der Waals surface area contributed by atoms with E-state index in [1.165, 1.54) is 48.2 Å². The first-order valence-electron chi connectivity index (χ1n) is 8.80. The Labute approximate surface area is 169 Å². The van der Waals surface area contributed by atoms with Crippen molar-refractivity contribution in [3.05, 3.63) is 53.8 Å². The van der Waals surface area contributed by atoms with Gasteiger partial charge in [0, 0.05) is 20.1 Å². The summed E-state index contributed by atoms with van der Waals surface area (Å²) in [6.07, 6.45) is -2.93. The van der Waals surface area contributed by atoms with Gasteiger partial charge in [0.15, 0.2) is 16.7 Å². The number of alkyl halides is 3. The van der Waals surface area contributed by atoms with Crippen LogP contribution in [0.5, 0.6) is 0 Å². The van der Waals surface area contributed by atoms with Gasteiger partial charge in [0.05, 0.1) is 17.6 Å². The summed E-state index contributed by atoms with van der Waals surface area (Å²) in [4.78, 5) is 13.7. The minimum absolute atomic E-state index is 0.0287. The van der Waals surface area contributed by atoms with Gasteiger partial charge in [0.25, 0.3) is 0 Å². The van der Waals surface area contributed by atoms with E-state index in [1.807, 2.05) is 11.5 Å². The lowest BCUT2D eigenvalue weighted by Crippen LogP contribution is -2.29. The summed E-state index contributed by atoms with van der Waals surface area (Å²) in [5.74, 6) is 0.844. The normalized spacial score (nSPS) is 11.6. The van der Waals surface area contributed by atoms with Crippen LogP contribution in [0, 0.1) is 0 Å². The number of hydrogen-bond donors (Lipinski definition) is 0. The Hall–Kier alpha value is -2.75. The fourth-order valence-corrected chi connectivity index (χ4v) is 3.73. The van der Waals surface area contributed by atoms with Crippen molar-refractivity contribution in [1.82, 2.24) is 19.7 Å². The number of furan rings is 1. The topological polar surface area (TPSA) is 64.2 Å². The first-order chi connectivity index (χ1) is 13.8. The second kappa shape index (κ2) is 8.73. The third-order valence-corrected chi connectivity index (χ3v) is 5.21. The van der Waals surface area contributed by atoms with Crippen molar-refractivity contribution in [1.29, 1.82) is 0 Å². The van der Waals surface area contributed by atoms with Gasteiger partial charge in [-0.05, 0) is 30.7 Å². The molecular formula is C19H19F3N4O2S. The first kappa shape index (κ1) is 21.0. The Kier molecular flexibility index (Phi) is 6.31. The van der Waals surface area contributed by atoms with Crippen LogP contribution >= 0.6 is 11.8 Å². The second-order valence-corrected chi connectivity index (χ2v) is 7.16. The maximum atomic E-state index is 13.1. The van der Waals surface area contributed by atoms with Crippen molar-refractivity contribution in [2.24, 2.45) is 0 Å². The van der Waals surface area contributed by atoms with E-state index < -0.39 is 11.7 Å². The molecule has 29 heavy (non-hydrogen) atoms. The maximum absolute atomic E-state index is 13.1. The zero-order valence-electron chi connectivity index (χ0n) is 15.8. The number of aromatic nitrogens is 3. The predicted octanol–water partition coefficient (Wildman–Crippen LogP) is 4.33. The molecule has 6 nitrogen and oxygen atoms in total. The highest BCUT2D eigenvalue weighted by molar-refractivity contribution is 7.99. The fraction of sp³-hybridized carbons (Fsp3) is 0.316. The lowest BCUT2D eigenvalue weighted by molar-refractivity contribution is -0.139. The van der Waals surface area contributed by atoms with Crippen LogP contribution in [0.15, 0.2) is 52.2 Å². The fourth-order valence-electron chi connectivity index (χ4n) is 2.78. The van der Waals surface area contributed by atoms with E-state index in [4.69, 9.17) is 4.42 Å². The summed E-state index contributed by atoms with van der Waals surface area (Å²) in [6.45, 7) is 2.36. The van der Waals surface area contributed by atoms with Crippen LogP contribution in [0.1, 0.15) is 18.1 Å². The van der Waals surface area contributed by atoms with Gasteiger partial charge in [0.1, 0.15) is 0 Å². The summed E-state index contributed by atoms with van der Waals surface area (Å²) >= 11 is 1.18. The minimum atomic E-state index is -4.46. The molecule has 0 atom stereocenters. The Morgan fingerprint density at radius 1 is 1.21 bits per heavy atom. The monoisotopic (exact) mass is 424 g/mol. The van der Waals surface area contributed by atoms with Gasteiger partial charge in [-0.15, -0.1) is 10.2 Å². The van der Waals surface area contributed by atoms with E-state index in [0.29, 0.717) is 23.3 Å². The van der Waals surface area contributed by atoms with Crippen LogP contribution in [0.4, 0.5) is 13.2 Å². The predicted molar refractivity (Wildman–Crippen MR) is 102 cm³/mol. The Morgan fingerprint density at radius 3 is 2.62 bits per heavy atom. The number of carbonyl (C=O) groups is 1. The van der Waals surface area contributed by atoms with Crippen LogP contribution in [-0.2, 0) is 24.1 Å². The van der Waals surface area contributed by atoms with Crippen LogP contribution < -0.4 is 0 Å². The van der Waals surface area contributed by atoms with Crippen molar-refractivity contribution in [2.45, 2.75) is 31.3 Å². The number of benzene rings is 1. The zero-order valence-corrected chi connectivity index (χ0v) is 16.6. The molecule has 0 saturated carbocycles. The molecular weight excluding hydrogens is 405 g/mol. The van der Waals surface area contributed by atoms with E-state index in [9.17, 15) is 18.0 Å². The highest BCUT2D eigenvalue weighted by atomic mass is 32.2. The number of hydrogen-bond acceptors (Lipinski definition) is 5. The summed E-state index contributed by atoms with van der Waals surface area (Å²) in [5.41, 5.74) is -0.682. The van der Waals surface area contributed by atoms with E-state index in [2.05, 4.69) is 10.2 Å². The first-order valence-corrected chi connectivity index (χ1v) is 9.78. The molecule has 0 radical (unpaired) electrons. The smallest absolute Gasteiger partial charge is 0.416 e. The van der Waals surface area contributed by atoms with Gasteiger partial charge in [-0.2, -0.15) is 13.2 Å². The summed E-state index contributed by atoms with van der Waals surface area (Å²) in [7, 11) is 1.48. The standard InChI is InChI=1S/C19H19F3N4O2S/c1-3-26-17(15-9-6-10-28-15)23-24-18(26)29-12-16(27)25(2)11-13-7-4-5-8-14(13)19(20,21)22/h4-10H,3,11-12H2,1-2H3. The van der Waals surface area contributed by atoms with Gasteiger partial charge < -0.3 is 9.32 Å². The van der Waals surface area contributed by atoms with Crippen LogP contribution in [0.2, 0.25) is 0 Å². The quantitative estimate of drug-likeness (QED) is 0.529. The average molecular weight is 424 g/mol. The third-order valence-electron chi connectivity index (χ3n) is 4.26. The Balaban J connectivity index is 1.66. The highest BCUT2D eigenvalue weighted by Gasteiger charge is 2.33. The van der Waals surface area contributed by atoms with E-state index in [-0.39, 0.29) is 23.8 Å². The third kappa shape index (κ3) is 4.81. The van der Waals surface area contributed by atoms with Gasteiger partial charge in [0.2, 0.25) is 5.91 Å². The van der Waals surface area contributed by atoms with Crippen LogP contribution in [-0.4, -0.2) is 38.4 Å². The minimum Gasteiger partial charge on any atom is -0.461 e. The average Bonchev–Trinajstić information content (AvgIpc) is 3.34. The molecule has 0 aliphatic rings. The molecule has 154 valence electrons. The van der Waals surface area contributed by atoms with Gasteiger partial charge in [-0.3, -0.25) is 9.36 Å². The van der Waals surface area contributed by atoms with Crippen molar-refractivity contribution in [3.8, 4) is 11.6 Å². The van der Waals surface area contributed by atoms with Gasteiger partial charge in [-0.1, -0.05) is 30.0 Å². The lowest BCUT2D eigenvalue weighted by atomic mass is 10.1. The number of carbonyl (C=O) groups excluding carboxylic acids is 1. The number of amides is 1. The van der Waals surface area contributed by atoms with Crippen molar-refractivity contribution < 1.29 is 22.4 Å². The van der Waals surface area contributed by atoms with Crippen molar-refractivity contribution >= 4 is 17.7 Å².